The molecule has 2 N–H and O–H groups in total. The summed E-state index contributed by atoms with van der Waals surface area (Å²) in [6, 6.07) is 6.08. The highest BCUT2D eigenvalue weighted by Crippen LogP contribution is 2.26. The van der Waals surface area contributed by atoms with Gasteiger partial charge in [0.05, 0.1) is 0 Å². The lowest BCUT2D eigenvalue weighted by Crippen LogP contribution is -2.42. The highest BCUT2D eigenvalue weighted by atomic mass is 19.1. The lowest BCUT2D eigenvalue weighted by Gasteiger charge is -2.34. The Bertz CT molecular complexity index is 618. The second-order valence-electron chi connectivity index (χ2n) is 6.19. The van der Waals surface area contributed by atoms with Crippen LogP contribution in [0.1, 0.15) is 25.3 Å². The molecular formula is C17H21FN2O4. The van der Waals surface area contributed by atoms with E-state index in [0.717, 1.165) is 12.0 Å². The summed E-state index contributed by atoms with van der Waals surface area (Å²) in [5.41, 5.74) is 0.880. The van der Waals surface area contributed by atoms with Crippen molar-refractivity contribution in [2.45, 2.75) is 26.3 Å². The van der Waals surface area contributed by atoms with Crippen molar-refractivity contribution in [3.05, 3.63) is 35.6 Å². The Morgan fingerprint density at radius 3 is 2.62 bits per heavy atom. The van der Waals surface area contributed by atoms with Crippen LogP contribution < -0.4 is 5.32 Å². The van der Waals surface area contributed by atoms with Gasteiger partial charge in [-0.3, -0.25) is 9.59 Å². The van der Waals surface area contributed by atoms with Gasteiger partial charge in [-0.1, -0.05) is 19.1 Å². The zero-order chi connectivity index (χ0) is 17.7. The van der Waals surface area contributed by atoms with E-state index in [9.17, 15) is 18.8 Å². The first-order valence-electron chi connectivity index (χ1n) is 7.90. The molecular weight excluding hydrogens is 315 g/mol. The van der Waals surface area contributed by atoms with Crippen LogP contribution in [0, 0.1) is 17.7 Å². The molecule has 2 unspecified atom stereocenters. The predicted molar refractivity (Wildman–Crippen MR) is 84.4 cm³/mol. The third-order valence-corrected chi connectivity index (χ3v) is 4.43. The molecule has 24 heavy (non-hydrogen) atoms. The van der Waals surface area contributed by atoms with Gasteiger partial charge in [-0.25, -0.2) is 9.18 Å². The van der Waals surface area contributed by atoms with Gasteiger partial charge in [0.2, 0.25) is 5.91 Å². The number of rotatable bonds is 5. The molecule has 1 heterocycles. The topological polar surface area (TPSA) is 86.7 Å². The minimum atomic E-state index is -1.51. The van der Waals surface area contributed by atoms with Gasteiger partial charge in [-0.05, 0) is 36.0 Å². The fourth-order valence-corrected chi connectivity index (χ4v) is 2.86. The van der Waals surface area contributed by atoms with Gasteiger partial charge in [-0.15, -0.1) is 0 Å². The zero-order valence-electron chi connectivity index (χ0n) is 13.5. The Balaban J connectivity index is 1.83. The van der Waals surface area contributed by atoms with Crippen LogP contribution in [0.3, 0.4) is 0 Å². The number of carbonyl (C=O) groups is 3. The van der Waals surface area contributed by atoms with E-state index in [4.69, 9.17) is 5.11 Å². The van der Waals surface area contributed by atoms with E-state index in [0.29, 0.717) is 19.5 Å². The van der Waals surface area contributed by atoms with E-state index in [-0.39, 0.29) is 30.1 Å². The first-order valence-corrected chi connectivity index (χ1v) is 7.90. The van der Waals surface area contributed by atoms with Crippen LogP contribution in [0.4, 0.5) is 4.39 Å². The molecule has 0 aliphatic carbocycles. The second kappa shape index (κ2) is 7.90. The molecule has 2 amide bonds. The SMILES string of the molecule is CC(CNC(=O)C(=O)O)C1CCN(Cc2ccc(F)cc2)C(=O)C1. The summed E-state index contributed by atoms with van der Waals surface area (Å²) in [6.07, 6.45) is 1.16. The smallest absolute Gasteiger partial charge is 0.394 e. The average Bonchev–Trinajstić information content (AvgIpc) is 2.56. The highest BCUT2D eigenvalue weighted by molar-refractivity contribution is 6.31. The van der Waals surface area contributed by atoms with Crippen LogP contribution in [-0.2, 0) is 20.9 Å². The van der Waals surface area contributed by atoms with Gasteiger partial charge in [0.1, 0.15) is 5.82 Å². The number of nitrogens with zero attached hydrogens (tertiary/aromatic N) is 1. The molecule has 7 heteroatoms. The van der Waals surface area contributed by atoms with E-state index < -0.39 is 11.9 Å². The quantitative estimate of drug-likeness (QED) is 0.796. The minimum Gasteiger partial charge on any atom is -0.474 e. The third kappa shape index (κ3) is 4.78. The number of piperidine rings is 1. The van der Waals surface area contributed by atoms with Crippen LogP contribution in [0.25, 0.3) is 0 Å². The molecule has 2 atom stereocenters. The molecule has 6 nitrogen and oxygen atoms in total. The molecule has 1 aromatic carbocycles. The van der Waals surface area contributed by atoms with E-state index in [1.807, 2.05) is 6.92 Å². The van der Waals surface area contributed by atoms with Crippen LogP contribution in [0.5, 0.6) is 0 Å². The number of aliphatic carboxylic acids is 1. The van der Waals surface area contributed by atoms with Crippen molar-refractivity contribution in [2.24, 2.45) is 11.8 Å². The Kier molecular flexibility index (Phi) is 5.89. The Morgan fingerprint density at radius 2 is 2.04 bits per heavy atom. The van der Waals surface area contributed by atoms with Gasteiger partial charge < -0.3 is 15.3 Å². The monoisotopic (exact) mass is 336 g/mol. The van der Waals surface area contributed by atoms with E-state index in [1.54, 1.807) is 17.0 Å². The predicted octanol–water partition coefficient (Wildman–Crippen LogP) is 1.40. The maximum Gasteiger partial charge on any atom is 0.394 e. The van der Waals surface area contributed by atoms with Crippen molar-refractivity contribution in [3.8, 4) is 0 Å². The molecule has 0 aromatic heterocycles. The molecule has 0 spiro atoms. The number of likely N-dealkylation sites (tertiary alicyclic amines) is 1. The number of amides is 2. The Labute approximate surface area is 139 Å². The van der Waals surface area contributed by atoms with Crippen LogP contribution in [0.15, 0.2) is 24.3 Å². The summed E-state index contributed by atoms with van der Waals surface area (Å²) < 4.78 is 12.9. The fraction of sp³-hybridized carbons (Fsp3) is 0.471. The number of hydrogen-bond acceptors (Lipinski definition) is 3. The number of nitrogens with one attached hydrogen (secondary N) is 1. The Morgan fingerprint density at radius 1 is 1.38 bits per heavy atom. The number of carboxylic acid groups (broad SMARTS) is 1. The maximum absolute atomic E-state index is 12.9. The number of benzene rings is 1. The van der Waals surface area contributed by atoms with Crippen molar-refractivity contribution in [1.29, 1.82) is 0 Å². The summed E-state index contributed by atoms with van der Waals surface area (Å²) in [7, 11) is 0. The van der Waals surface area contributed by atoms with Gasteiger partial charge in [0.25, 0.3) is 0 Å². The minimum absolute atomic E-state index is 0.0187. The van der Waals surface area contributed by atoms with Gasteiger partial charge in [0, 0.05) is 26.1 Å². The van der Waals surface area contributed by atoms with Crippen molar-refractivity contribution >= 4 is 17.8 Å². The van der Waals surface area contributed by atoms with Crippen LogP contribution in [-0.4, -0.2) is 40.9 Å². The summed E-state index contributed by atoms with van der Waals surface area (Å²) >= 11 is 0. The number of carboxylic acids is 1. The fourth-order valence-electron chi connectivity index (χ4n) is 2.86. The average molecular weight is 336 g/mol. The number of halogens is 1. The summed E-state index contributed by atoms with van der Waals surface area (Å²) in [5.74, 6) is -2.69. The van der Waals surface area contributed by atoms with E-state index in [2.05, 4.69) is 5.32 Å². The van der Waals surface area contributed by atoms with E-state index >= 15 is 0 Å². The standard InChI is InChI=1S/C17H21FN2O4/c1-11(9-19-16(22)17(23)24)13-6-7-20(15(21)8-13)10-12-2-4-14(18)5-3-12/h2-5,11,13H,6-10H2,1H3,(H,19,22)(H,23,24). The molecule has 130 valence electrons. The first-order chi connectivity index (χ1) is 11.4. The van der Waals surface area contributed by atoms with Crippen molar-refractivity contribution < 1.29 is 23.9 Å². The number of hydrogen-bond donors (Lipinski definition) is 2. The van der Waals surface area contributed by atoms with Gasteiger partial charge in [0.15, 0.2) is 0 Å². The molecule has 1 aromatic rings. The summed E-state index contributed by atoms with van der Waals surface area (Å²) in [4.78, 5) is 35.6. The zero-order valence-corrected chi connectivity index (χ0v) is 13.5. The lowest BCUT2D eigenvalue weighted by atomic mass is 9.85. The van der Waals surface area contributed by atoms with Crippen molar-refractivity contribution in [3.63, 3.8) is 0 Å². The van der Waals surface area contributed by atoms with Crippen LogP contribution >= 0.6 is 0 Å². The molecule has 1 fully saturated rings. The van der Waals surface area contributed by atoms with Crippen LogP contribution in [0.2, 0.25) is 0 Å². The highest BCUT2D eigenvalue weighted by Gasteiger charge is 2.29. The maximum atomic E-state index is 12.9. The molecule has 2 rings (SSSR count). The summed E-state index contributed by atoms with van der Waals surface area (Å²) in [6.45, 7) is 3.19. The third-order valence-electron chi connectivity index (χ3n) is 4.43. The van der Waals surface area contributed by atoms with Gasteiger partial charge >= 0.3 is 11.9 Å². The Hall–Kier alpha value is -2.44. The molecule has 0 radical (unpaired) electrons. The summed E-state index contributed by atoms with van der Waals surface area (Å²) in [5, 5.41) is 10.9. The second-order valence-corrected chi connectivity index (χ2v) is 6.19. The number of carbonyl (C=O) groups excluding carboxylic acids is 2. The lowest BCUT2D eigenvalue weighted by molar-refractivity contribution is -0.150. The molecule has 1 aliphatic heterocycles. The van der Waals surface area contributed by atoms with E-state index in [1.165, 1.54) is 12.1 Å². The first kappa shape index (κ1) is 17.9. The molecule has 1 saturated heterocycles. The molecule has 0 saturated carbocycles. The molecule has 1 aliphatic rings. The molecule has 0 bridgehead atoms. The van der Waals surface area contributed by atoms with Gasteiger partial charge in [-0.2, -0.15) is 0 Å². The van der Waals surface area contributed by atoms with Crippen molar-refractivity contribution in [2.75, 3.05) is 13.1 Å². The van der Waals surface area contributed by atoms with Crippen molar-refractivity contribution in [1.82, 2.24) is 10.2 Å². The normalized spacial score (nSPS) is 19.0. The largest absolute Gasteiger partial charge is 0.474 e.